The summed E-state index contributed by atoms with van der Waals surface area (Å²) in [7, 11) is 0. The highest BCUT2D eigenvalue weighted by Crippen LogP contribution is 2.36. The van der Waals surface area contributed by atoms with Crippen LogP contribution in [0.5, 0.6) is 0 Å². The summed E-state index contributed by atoms with van der Waals surface area (Å²) in [5, 5.41) is 0. The summed E-state index contributed by atoms with van der Waals surface area (Å²) in [4.78, 5) is 23.5. The summed E-state index contributed by atoms with van der Waals surface area (Å²) in [6.45, 7) is 15.8. The first kappa shape index (κ1) is 17.1. The van der Waals surface area contributed by atoms with Crippen molar-refractivity contribution in [3.05, 3.63) is 12.2 Å². The number of hydrogen-bond donors (Lipinski definition) is 0. The molecule has 0 heterocycles. The van der Waals surface area contributed by atoms with Gasteiger partial charge < -0.3 is 0 Å². The molecule has 0 saturated carbocycles. The van der Waals surface area contributed by atoms with Crippen molar-refractivity contribution in [1.29, 1.82) is 0 Å². The lowest BCUT2D eigenvalue weighted by molar-refractivity contribution is -0.131. The maximum Gasteiger partial charge on any atom is 0.152 e. The second-order valence-corrected chi connectivity index (χ2v) is 6.97. The monoisotopic (exact) mass is 252 g/mol. The van der Waals surface area contributed by atoms with E-state index in [4.69, 9.17) is 0 Å². The van der Waals surface area contributed by atoms with Gasteiger partial charge in [0.15, 0.2) is 5.78 Å². The molecule has 0 saturated heterocycles. The number of carbonyl (C=O) groups is 2. The van der Waals surface area contributed by atoms with E-state index in [0.29, 0.717) is 5.92 Å². The SMILES string of the molecule is CC(=O)/C=C/C(C)(C)C(=O)C(C)C(C)C(C)(C)C. The third-order valence-electron chi connectivity index (χ3n) is 3.90. The van der Waals surface area contributed by atoms with Gasteiger partial charge in [-0.05, 0) is 38.2 Å². The van der Waals surface area contributed by atoms with Crippen molar-refractivity contribution in [3.63, 3.8) is 0 Å². The van der Waals surface area contributed by atoms with Gasteiger partial charge in [0.2, 0.25) is 0 Å². The maximum absolute atomic E-state index is 12.5. The lowest BCUT2D eigenvalue weighted by Gasteiger charge is -2.35. The van der Waals surface area contributed by atoms with Gasteiger partial charge in [-0.3, -0.25) is 9.59 Å². The lowest BCUT2D eigenvalue weighted by atomic mass is 9.69. The predicted octanol–water partition coefficient (Wildman–Crippen LogP) is 4.05. The molecular weight excluding hydrogens is 224 g/mol. The van der Waals surface area contributed by atoms with Gasteiger partial charge in [0.05, 0.1) is 0 Å². The fraction of sp³-hybridized carbons (Fsp3) is 0.750. The number of ketones is 2. The molecule has 104 valence electrons. The van der Waals surface area contributed by atoms with E-state index < -0.39 is 5.41 Å². The average Bonchev–Trinajstić information content (AvgIpc) is 2.22. The largest absolute Gasteiger partial charge is 0.298 e. The van der Waals surface area contributed by atoms with Crippen molar-refractivity contribution in [2.24, 2.45) is 22.7 Å². The molecule has 0 aliphatic rings. The van der Waals surface area contributed by atoms with Crippen LogP contribution in [-0.4, -0.2) is 11.6 Å². The maximum atomic E-state index is 12.5. The summed E-state index contributed by atoms with van der Waals surface area (Å²) in [6, 6.07) is 0. The Morgan fingerprint density at radius 2 is 1.44 bits per heavy atom. The van der Waals surface area contributed by atoms with Crippen LogP contribution in [0.4, 0.5) is 0 Å². The van der Waals surface area contributed by atoms with E-state index in [0.717, 1.165) is 0 Å². The van der Waals surface area contributed by atoms with Gasteiger partial charge in [-0.25, -0.2) is 0 Å². The second-order valence-electron chi connectivity index (χ2n) is 6.97. The molecule has 0 N–H and O–H groups in total. The Morgan fingerprint density at radius 1 is 1.00 bits per heavy atom. The minimum atomic E-state index is -0.579. The zero-order valence-corrected chi connectivity index (χ0v) is 13.1. The summed E-state index contributed by atoms with van der Waals surface area (Å²) >= 11 is 0. The van der Waals surface area contributed by atoms with E-state index in [1.54, 1.807) is 6.08 Å². The molecule has 2 atom stereocenters. The summed E-state index contributed by atoms with van der Waals surface area (Å²) < 4.78 is 0. The van der Waals surface area contributed by atoms with Crippen LogP contribution in [0.25, 0.3) is 0 Å². The fourth-order valence-electron chi connectivity index (χ4n) is 1.97. The molecule has 0 aromatic rings. The Labute approximate surface area is 112 Å². The Kier molecular flexibility index (Phi) is 5.52. The smallest absolute Gasteiger partial charge is 0.152 e. The zero-order valence-electron chi connectivity index (χ0n) is 13.1. The van der Waals surface area contributed by atoms with Crippen LogP contribution in [0.1, 0.15) is 55.4 Å². The molecule has 0 fully saturated rings. The fourth-order valence-corrected chi connectivity index (χ4v) is 1.97. The first-order valence-electron chi connectivity index (χ1n) is 6.63. The molecule has 0 spiro atoms. The number of allylic oxidation sites excluding steroid dienone is 2. The Morgan fingerprint density at radius 3 is 1.78 bits per heavy atom. The van der Waals surface area contributed by atoms with Gasteiger partial charge in [0, 0.05) is 11.3 Å². The molecule has 0 amide bonds. The molecule has 18 heavy (non-hydrogen) atoms. The van der Waals surface area contributed by atoms with Gasteiger partial charge in [-0.15, -0.1) is 0 Å². The number of rotatable bonds is 5. The van der Waals surface area contributed by atoms with Crippen LogP contribution in [0, 0.1) is 22.7 Å². The highest BCUT2D eigenvalue weighted by atomic mass is 16.1. The van der Waals surface area contributed by atoms with E-state index in [9.17, 15) is 9.59 Å². The molecule has 0 bridgehead atoms. The van der Waals surface area contributed by atoms with Gasteiger partial charge >= 0.3 is 0 Å². The van der Waals surface area contributed by atoms with Crippen LogP contribution >= 0.6 is 0 Å². The molecule has 0 rings (SSSR count). The number of carbonyl (C=O) groups excluding carboxylic acids is 2. The van der Waals surface area contributed by atoms with Gasteiger partial charge in [-0.2, -0.15) is 0 Å². The Balaban J connectivity index is 4.99. The quantitative estimate of drug-likeness (QED) is 0.692. The Bertz CT molecular complexity index is 343. The van der Waals surface area contributed by atoms with Crippen molar-refractivity contribution in [2.45, 2.75) is 55.4 Å². The van der Waals surface area contributed by atoms with Crippen molar-refractivity contribution in [3.8, 4) is 0 Å². The third-order valence-corrected chi connectivity index (χ3v) is 3.90. The summed E-state index contributed by atoms with van der Waals surface area (Å²) in [6.07, 6.45) is 3.22. The molecular formula is C16H28O2. The minimum Gasteiger partial charge on any atom is -0.298 e. The van der Waals surface area contributed by atoms with Crippen LogP contribution < -0.4 is 0 Å². The number of hydrogen-bond acceptors (Lipinski definition) is 2. The van der Waals surface area contributed by atoms with Gasteiger partial charge in [-0.1, -0.05) is 40.7 Å². The summed E-state index contributed by atoms with van der Waals surface area (Å²) in [5.41, 5.74) is -0.472. The van der Waals surface area contributed by atoms with E-state index in [1.807, 2.05) is 20.8 Å². The standard InChI is InChI=1S/C16H28O2/c1-11(17)9-10-16(7,8)14(18)12(2)13(3)15(4,5)6/h9-10,12-13H,1-8H3/b10-9+. The summed E-state index contributed by atoms with van der Waals surface area (Å²) in [5.74, 6) is 0.460. The van der Waals surface area contributed by atoms with E-state index in [2.05, 4.69) is 27.7 Å². The molecule has 2 heteroatoms. The lowest BCUT2D eigenvalue weighted by Crippen LogP contribution is -2.36. The van der Waals surface area contributed by atoms with E-state index >= 15 is 0 Å². The molecule has 0 radical (unpaired) electrons. The second kappa shape index (κ2) is 5.81. The molecule has 0 aliphatic carbocycles. The highest BCUT2D eigenvalue weighted by Gasteiger charge is 2.36. The third kappa shape index (κ3) is 4.75. The highest BCUT2D eigenvalue weighted by molar-refractivity contribution is 5.91. The van der Waals surface area contributed by atoms with E-state index in [-0.39, 0.29) is 22.9 Å². The zero-order chi connectivity index (χ0) is 14.7. The first-order valence-corrected chi connectivity index (χ1v) is 6.63. The first-order chi connectivity index (χ1) is 7.89. The minimum absolute atomic E-state index is 0.0170. The number of Topliss-reactive ketones (excluding diaryl/α,β-unsaturated/α-hetero) is 1. The van der Waals surface area contributed by atoms with Gasteiger partial charge in [0.25, 0.3) is 0 Å². The molecule has 0 aliphatic heterocycles. The van der Waals surface area contributed by atoms with Gasteiger partial charge in [0.1, 0.15) is 5.78 Å². The van der Waals surface area contributed by atoms with Crippen molar-refractivity contribution in [1.82, 2.24) is 0 Å². The Hall–Kier alpha value is -0.920. The molecule has 0 aromatic heterocycles. The van der Waals surface area contributed by atoms with Crippen molar-refractivity contribution in [2.75, 3.05) is 0 Å². The normalized spacial score (nSPS) is 16.7. The molecule has 2 nitrogen and oxygen atoms in total. The van der Waals surface area contributed by atoms with Crippen LogP contribution in [0.15, 0.2) is 12.2 Å². The van der Waals surface area contributed by atoms with Crippen LogP contribution in [0.2, 0.25) is 0 Å². The van der Waals surface area contributed by atoms with Crippen LogP contribution in [0.3, 0.4) is 0 Å². The topological polar surface area (TPSA) is 34.1 Å². The van der Waals surface area contributed by atoms with Crippen molar-refractivity contribution >= 4 is 11.6 Å². The van der Waals surface area contributed by atoms with E-state index in [1.165, 1.54) is 13.0 Å². The molecule has 0 aromatic carbocycles. The van der Waals surface area contributed by atoms with Crippen LogP contribution in [-0.2, 0) is 9.59 Å². The average molecular weight is 252 g/mol. The predicted molar refractivity (Wildman–Crippen MR) is 76.4 cm³/mol. The van der Waals surface area contributed by atoms with Crippen molar-refractivity contribution < 1.29 is 9.59 Å². The molecule has 2 unspecified atom stereocenters.